The molecule has 0 aliphatic heterocycles. The Morgan fingerprint density at radius 3 is 2.84 bits per heavy atom. The molecule has 0 fully saturated rings. The van der Waals surface area contributed by atoms with Crippen LogP contribution >= 0.6 is 0 Å². The van der Waals surface area contributed by atoms with Gasteiger partial charge in [0.25, 0.3) is 5.91 Å². The summed E-state index contributed by atoms with van der Waals surface area (Å²) < 4.78 is 10.3. The van der Waals surface area contributed by atoms with Crippen LogP contribution in [0.1, 0.15) is 11.5 Å². The van der Waals surface area contributed by atoms with Crippen molar-refractivity contribution in [2.75, 3.05) is 11.9 Å². The molecule has 6 heteroatoms. The molecule has 3 aromatic rings. The summed E-state index contributed by atoms with van der Waals surface area (Å²) in [6, 6.07) is 14.6. The molecule has 0 unspecified atom stereocenters. The third-order valence-electron chi connectivity index (χ3n) is 3.32. The first-order valence-electron chi connectivity index (χ1n) is 7.67. The second-order valence-corrected chi connectivity index (χ2v) is 5.38. The predicted molar refractivity (Wildman–Crippen MR) is 93.8 cm³/mol. The van der Waals surface area contributed by atoms with E-state index in [4.69, 9.17) is 9.15 Å². The van der Waals surface area contributed by atoms with Gasteiger partial charge >= 0.3 is 5.97 Å². The SMILES string of the molecule is Cc1cccc(NC(=O)COC(=O)/C=C/c2nc3ccccc3o2)c1. The lowest BCUT2D eigenvalue weighted by Crippen LogP contribution is -2.20. The number of esters is 1. The molecule has 0 radical (unpaired) electrons. The average molecular weight is 336 g/mol. The fourth-order valence-electron chi connectivity index (χ4n) is 2.21. The van der Waals surface area contributed by atoms with Gasteiger partial charge in [0.15, 0.2) is 12.2 Å². The Labute approximate surface area is 144 Å². The summed E-state index contributed by atoms with van der Waals surface area (Å²) >= 11 is 0. The predicted octanol–water partition coefficient (Wildman–Crippen LogP) is 3.33. The minimum atomic E-state index is -0.651. The van der Waals surface area contributed by atoms with Crippen LogP contribution in [0, 0.1) is 6.92 Å². The van der Waals surface area contributed by atoms with Crippen molar-refractivity contribution < 1.29 is 18.7 Å². The zero-order chi connectivity index (χ0) is 17.6. The molecule has 1 N–H and O–H groups in total. The minimum Gasteiger partial charge on any atom is -0.452 e. The number of benzene rings is 2. The first kappa shape index (κ1) is 16.4. The van der Waals surface area contributed by atoms with Crippen molar-refractivity contribution in [1.82, 2.24) is 4.98 Å². The molecule has 0 bridgehead atoms. The van der Waals surface area contributed by atoms with E-state index in [0.717, 1.165) is 5.56 Å². The summed E-state index contributed by atoms with van der Waals surface area (Å²) in [6.07, 6.45) is 2.57. The van der Waals surface area contributed by atoms with E-state index in [0.29, 0.717) is 22.7 Å². The van der Waals surface area contributed by atoms with E-state index in [2.05, 4.69) is 10.3 Å². The zero-order valence-electron chi connectivity index (χ0n) is 13.6. The molecule has 0 spiro atoms. The number of ether oxygens (including phenoxy) is 1. The molecule has 126 valence electrons. The van der Waals surface area contributed by atoms with Crippen LogP contribution in [0.2, 0.25) is 0 Å². The zero-order valence-corrected chi connectivity index (χ0v) is 13.6. The number of anilines is 1. The Kier molecular flexibility index (Phi) is 4.89. The van der Waals surface area contributed by atoms with Gasteiger partial charge in [0.2, 0.25) is 5.89 Å². The van der Waals surface area contributed by atoms with Crippen molar-refractivity contribution in [2.45, 2.75) is 6.92 Å². The Morgan fingerprint density at radius 2 is 2.04 bits per heavy atom. The molecule has 1 aromatic heterocycles. The van der Waals surface area contributed by atoms with Gasteiger partial charge in [0.1, 0.15) is 5.52 Å². The summed E-state index contributed by atoms with van der Waals surface area (Å²) in [4.78, 5) is 27.7. The molecule has 0 saturated carbocycles. The standard InChI is InChI=1S/C19H16N2O4/c1-13-5-4-6-14(11-13)20-17(22)12-24-19(23)10-9-18-21-15-7-2-3-8-16(15)25-18/h2-11H,12H2,1H3,(H,20,22)/b10-9+. The van der Waals surface area contributed by atoms with Gasteiger partial charge in [-0.3, -0.25) is 4.79 Å². The quantitative estimate of drug-likeness (QED) is 0.571. The number of hydrogen-bond donors (Lipinski definition) is 1. The van der Waals surface area contributed by atoms with Crippen molar-refractivity contribution in [3.8, 4) is 0 Å². The van der Waals surface area contributed by atoms with Crippen LogP contribution in [0.15, 0.2) is 59.0 Å². The number of rotatable bonds is 5. The normalized spacial score (nSPS) is 10.9. The monoisotopic (exact) mass is 336 g/mol. The Hall–Kier alpha value is -3.41. The Balaban J connectivity index is 1.51. The van der Waals surface area contributed by atoms with Crippen LogP contribution in [0.3, 0.4) is 0 Å². The van der Waals surface area contributed by atoms with E-state index in [-0.39, 0.29) is 6.61 Å². The molecule has 0 saturated heterocycles. The third kappa shape index (κ3) is 4.54. The lowest BCUT2D eigenvalue weighted by molar-refractivity contribution is -0.142. The Morgan fingerprint density at radius 1 is 1.20 bits per heavy atom. The highest BCUT2D eigenvalue weighted by molar-refractivity contribution is 5.94. The fourth-order valence-corrected chi connectivity index (χ4v) is 2.21. The first-order chi connectivity index (χ1) is 12.1. The topological polar surface area (TPSA) is 81.4 Å². The molecule has 0 atom stereocenters. The summed E-state index contributed by atoms with van der Waals surface area (Å²) in [5.74, 6) is -0.766. The number of para-hydroxylation sites is 2. The molecule has 0 aliphatic rings. The van der Waals surface area contributed by atoms with Crippen LogP contribution in [0.25, 0.3) is 17.2 Å². The number of oxazole rings is 1. The first-order valence-corrected chi connectivity index (χ1v) is 7.67. The second-order valence-electron chi connectivity index (χ2n) is 5.38. The number of carbonyl (C=O) groups excluding carboxylic acids is 2. The molecule has 1 amide bonds. The van der Waals surface area contributed by atoms with Gasteiger partial charge in [0.05, 0.1) is 0 Å². The van der Waals surface area contributed by atoms with E-state index >= 15 is 0 Å². The third-order valence-corrected chi connectivity index (χ3v) is 3.32. The average Bonchev–Trinajstić information content (AvgIpc) is 3.01. The minimum absolute atomic E-state index is 0.294. The van der Waals surface area contributed by atoms with Crippen molar-refractivity contribution in [2.24, 2.45) is 0 Å². The van der Waals surface area contributed by atoms with E-state index in [1.54, 1.807) is 12.1 Å². The Bertz CT molecular complexity index is 910. The lowest BCUT2D eigenvalue weighted by atomic mass is 10.2. The van der Waals surface area contributed by atoms with E-state index in [1.165, 1.54) is 12.2 Å². The fraction of sp³-hybridized carbons (Fsp3) is 0.105. The van der Waals surface area contributed by atoms with Crippen molar-refractivity contribution >= 4 is 34.7 Å². The van der Waals surface area contributed by atoms with Gasteiger partial charge < -0.3 is 14.5 Å². The second kappa shape index (κ2) is 7.44. The molecule has 0 aliphatic carbocycles. The summed E-state index contributed by atoms with van der Waals surface area (Å²) in [7, 11) is 0. The van der Waals surface area contributed by atoms with Gasteiger partial charge in [0, 0.05) is 17.8 Å². The number of aryl methyl sites for hydroxylation is 1. The molecule has 1 heterocycles. The highest BCUT2D eigenvalue weighted by Crippen LogP contribution is 2.15. The number of nitrogens with zero attached hydrogens (tertiary/aromatic N) is 1. The molecular formula is C19H16N2O4. The van der Waals surface area contributed by atoms with Gasteiger partial charge in [-0.2, -0.15) is 0 Å². The number of aromatic nitrogens is 1. The highest BCUT2D eigenvalue weighted by atomic mass is 16.5. The number of carbonyl (C=O) groups is 2. The van der Waals surface area contributed by atoms with E-state index in [9.17, 15) is 9.59 Å². The van der Waals surface area contributed by atoms with Crippen LogP contribution < -0.4 is 5.32 Å². The number of hydrogen-bond acceptors (Lipinski definition) is 5. The molecule has 2 aromatic carbocycles. The van der Waals surface area contributed by atoms with Gasteiger partial charge in [-0.25, -0.2) is 9.78 Å². The molecule has 3 rings (SSSR count). The summed E-state index contributed by atoms with van der Waals surface area (Å²) in [6.45, 7) is 1.55. The maximum atomic E-state index is 11.8. The van der Waals surface area contributed by atoms with Gasteiger partial charge in [-0.05, 0) is 36.8 Å². The summed E-state index contributed by atoms with van der Waals surface area (Å²) in [5.41, 5.74) is 3.01. The van der Waals surface area contributed by atoms with Crippen LogP contribution in [0.5, 0.6) is 0 Å². The van der Waals surface area contributed by atoms with Crippen LogP contribution in [0.4, 0.5) is 5.69 Å². The van der Waals surface area contributed by atoms with Crippen LogP contribution in [-0.2, 0) is 14.3 Å². The van der Waals surface area contributed by atoms with Crippen molar-refractivity contribution in [3.63, 3.8) is 0 Å². The smallest absolute Gasteiger partial charge is 0.331 e. The van der Waals surface area contributed by atoms with Gasteiger partial charge in [-0.1, -0.05) is 24.3 Å². The maximum absolute atomic E-state index is 11.8. The number of nitrogens with one attached hydrogen (secondary N) is 1. The number of amides is 1. The largest absolute Gasteiger partial charge is 0.452 e. The molecular weight excluding hydrogens is 320 g/mol. The van der Waals surface area contributed by atoms with E-state index < -0.39 is 11.9 Å². The maximum Gasteiger partial charge on any atom is 0.331 e. The van der Waals surface area contributed by atoms with Gasteiger partial charge in [-0.15, -0.1) is 0 Å². The van der Waals surface area contributed by atoms with E-state index in [1.807, 2.05) is 43.3 Å². The lowest BCUT2D eigenvalue weighted by Gasteiger charge is -2.05. The van der Waals surface area contributed by atoms with Crippen molar-refractivity contribution in [3.05, 3.63) is 66.1 Å². The van der Waals surface area contributed by atoms with Crippen molar-refractivity contribution in [1.29, 1.82) is 0 Å². The molecule has 25 heavy (non-hydrogen) atoms. The molecule has 6 nitrogen and oxygen atoms in total. The highest BCUT2D eigenvalue weighted by Gasteiger charge is 2.07. The summed E-state index contributed by atoms with van der Waals surface area (Å²) in [5, 5.41) is 2.66. The number of fused-ring (bicyclic) bond motifs is 1. The van der Waals surface area contributed by atoms with Crippen LogP contribution in [-0.4, -0.2) is 23.5 Å².